The summed E-state index contributed by atoms with van der Waals surface area (Å²) < 4.78 is 41.9. The van der Waals surface area contributed by atoms with E-state index in [1.807, 2.05) is 13.8 Å². The molecule has 0 heterocycles. The van der Waals surface area contributed by atoms with E-state index in [0.29, 0.717) is 17.0 Å². The van der Waals surface area contributed by atoms with Gasteiger partial charge in [-0.1, -0.05) is 54.4 Å². The quantitative estimate of drug-likeness (QED) is 0.311. The van der Waals surface area contributed by atoms with Crippen molar-refractivity contribution in [3.63, 3.8) is 0 Å². The van der Waals surface area contributed by atoms with Crippen LogP contribution in [-0.4, -0.2) is 43.8 Å². The number of hydrogen-bond acceptors (Lipinski definition) is 4. The van der Waals surface area contributed by atoms with Gasteiger partial charge in [0.25, 0.3) is 10.0 Å². The lowest BCUT2D eigenvalue weighted by atomic mass is 10.1. The minimum absolute atomic E-state index is 0.0343. The van der Waals surface area contributed by atoms with Gasteiger partial charge in [0.05, 0.1) is 20.6 Å². The second-order valence-corrected chi connectivity index (χ2v) is 11.7. The van der Waals surface area contributed by atoms with Crippen molar-refractivity contribution < 1.29 is 22.4 Å². The van der Waals surface area contributed by atoms with Crippen molar-refractivity contribution in [3.05, 3.63) is 94.2 Å². The van der Waals surface area contributed by atoms with Crippen molar-refractivity contribution in [2.75, 3.05) is 10.8 Å². The Morgan fingerprint density at radius 3 is 2.18 bits per heavy atom. The van der Waals surface area contributed by atoms with Crippen molar-refractivity contribution in [2.45, 2.75) is 50.7 Å². The number of amides is 2. The monoisotopic (exact) mass is 593 g/mol. The molecule has 2 amide bonds. The van der Waals surface area contributed by atoms with Gasteiger partial charge in [0.15, 0.2) is 0 Å². The van der Waals surface area contributed by atoms with Crippen LogP contribution < -0.4 is 9.62 Å². The van der Waals surface area contributed by atoms with Gasteiger partial charge in [-0.25, -0.2) is 12.8 Å². The van der Waals surface area contributed by atoms with Gasteiger partial charge < -0.3 is 10.2 Å². The van der Waals surface area contributed by atoms with Crippen LogP contribution in [0.5, 0.6) is 0 Å². The van der Waals surface area contributed by atoms with Gasteiger partial charge in [-0.15, -0.1) is 0 Å². The van der Waals surface area contributed by atoms with Crippen LogP contribution >= 0.6 is 23.2 Å². The summed E-state index contributed by atoms with van der Waals surface area (Å²) in [5.41, 5.74) is 0.694. The molecule has 39 heavy (non-hydrogen) atoms. The lowest BCUT2D eigenvalue weighted by molar-refractivity contribution is -0.139. The molecule has 0 aromatic heterocycles. The minimum Gasteiger partial charge on any atom is -0.352 e. The third-order valence-electron chi connectivity index (χ3n) is 6.23. The number of carbonyl (C=O) groups is 2. The highest BCUT2D eigenvalue weighted by molar-refractivity contribution is 7.92. The van der Waals surface area contributed by atoms with E-state index in [9.17, 15) is 22.4 Å². The average molecular weight is 595 g/mol. The maximum atomic E-state index is 13.8. The van der Waals surface area contributed by atoms with E-state index in [0.717, 1.165) is 16.4 Å². The molecule has 11 heteroatoms. The largest absolute Gasteiger partial charge is 0.352 e. The molecule has 1 N–H and O–H groups in total. The fourth-order valence-electron chi connectivity index (χ4n) is 3.74. The number of nitrogens with one attached hydrogen (secondary N) is 1. The molecule has 0 unspecified atom stereocenters. The zero-order valence-corrected chi connectivity index (χ0v) is 24.1. The Bertz CT molecular complexity index is 1410. The van der Waals surface area contributed by atoms with Crippen LogP contribution in [0.4, 0.5) is 10.1 Å². The van der Waals surface area contributed by atoms with Crippen molar-refractivity contribution in [3.8, 4) is 0 Å². The van der Waals surface area contributed by atoms with Crippen LogP contribution in [0, 0.1) is 5.82 Å². The van der Waals surface area contributed by atoms with E-state index in [2.05, 4.69) is 5.32 Å². The summed E-state index contributed by atoms with van der Waals surface area (Å²) in [5, 5.41) is 3.47. The van der Waals surface area contributed by atoms with E-state index in [1.54, 1.807) is 43.3 Å². The van der Waals surface area contributed by atoms with Crippen molar-refractivity contribution in [1.29, 1.82) is 0 Å². The standard InChI is InChI=1S/C28H30Cl2FN3O4S/c1-4-19(2)32-28(36)20(3)33(17-21-10-15-25(29)26(30)16-21)27(35)18-34(23-13-11-22(31)12-14-23)39(37,38)24-8-6-5-7-9-24/h5-16,19-20H,4,17-18H2,1-3H3,(H,32,36)/t19-,20+/m0/s1. The fraction of sp³-hybridized carbons (Fsp3) is 0.286. The summed E-state index contributed by atoms with van der Waals surface area (Å²) in [6.45, 7) is 4.67. The summed E-state index contributed by atoms with van der Waals surface area (Å²) in [7, 11) is -4.23. The second-order valence-electron chi connectivity index (χ2n) is 9.07. The predicted octanol–water partition coefficient (Wildman–Crippen LogP) is 5.66. The first kappa shape index (κ1) is 30.4. The molecule has 3 aromatic carbocycles. The van der Waals surface area contributed by atoms with Crippen LogP contribution in [0.25, 0.3) is 0 Å². The highest BCUT2D eigenvalue weighted by Gasteiger charge is 2.32. The Kier molecular flexibility index (Phi) is 10.4. The molecule has 0 saturated carbocycles. The molecule has 208 valence electrons. The summed E-state index contributed by atoms with van der Waals surface area (Å²) in [5.74, 6) is -1.59. The lowest BCUT2D eigenvalue weighted by Crippen LogP contribution is -2.52. The van der Waals surface area contributed by atoms with Gasteiger partial charge in [-0.3, -0.25) is 13.9 Å². The molecule has 7 nitrogen and oxygen atoms in total. The van der Waals surface area contributed by atoms with E-state index >= 15 is 0 Å². The van der Waals surface area contributed by atoms with Gasteiger partial charge in [0.2, 0.25) is 11.8 Å². The molecule has 3 aromatic rings. The van der Waals surface area contributed by atoms with Crippen LogP contribution in [0.2, 0.25) is 10.0 Å². The number of carbonyl (C=O) groups excluding carboxylic acids is 2. The van der Waals surface area contributed by atoms with Crippen LogP contribution in [0.1, 0.15) is 32.8 Å². The molecule has 0 aliphatic carbocycles. The number of nitrogens with zero attached hydrogens (tertiary/aromatic N) is 2. The number of halogens is 3. The number of sulfonamides is 1. The summed E-state index contributed by atoms with van der Waals surface area (Å²) in [4.78, 5) is 28.1. The van der Waals surface area contributed by atoms with Crippen molar-refractivity contribution in [1.82, 2.24) is 10.2 Å². The van der Waals surface area contributed by atoms with Crippen LogP contribution in [-0.2, 0) is 26.2 Å². The molecular formula is C28H30Cl2FN3O4S. The predicted molar refractivity (Wildman–Crippen MR) is 152 cm³/mol. The normalized spacial score (nSPS) is 12.9. The molecule has 0 radical (unpaired) electrons. The Balaban J connectivity index is 2.02. The van der Waals surface area contributed by atoms with Crippen LogP contribution in [0.15, 0.2) is 77.7 Å². The van der Waals surface area contributed by atoms with E-state index in [4.69, 9.17) is 23.2 Å². The van der Waals surface area contributed by atoms with Crippen molar-refractivity contribution >= 4 is 50.7 Å². The minimum atomic E-state index is -4.23. The summed E-state index contributed by atoms with van der Waals surface area (Å²) in [6.07, 6.45) is 0.687. The van der Waals surface area contributed by atoms with E-state index < -0.39 is 40.2 Å². The molecule has 0 spiro atoms. The molecule has 2 atom stereocenters. The zero-order chi connectivity index (χ0) is 28.7. The average Bonchev–Trinajstić information content (AvgIpc) is 2.92. The lowest BCUT2D eigenvalue weighted by Gasteiger charge is -2.32. The van der Waals surface area contributed by atoms with Gasteiger partial charge >= 0.3 is 0 Å². The highest BCUT2D eigenvalue weighted by Crippen LogP contribution is 2.26. The first-order valence-corrected chi connectivity index (χ1v) is 14.5. The number of anilines is 1. The molecule has 0 bridgehead atoms. The number of benzene rings is 3. The van der Waals surface area contributed by atoms with Crippen LogP contribution in [0.3, 0.4) is 0 Å². The summed E-state index contributed by atoms with van der Waals surface area (Å²) in [6, 6.07) is 16.2. The first-order valence-electron chi connectivity index (χ1n) is 12.3. The highest BCUT2D eigenvalue weighted by atomic mass is 35.5. The molecule has 0 aliphatic heterocycles. The first-order chi connectivity index (χ1) is 18.4. The van der Waals surface area contributed by atoms with Crippen molar-refractivity contribution in [2.24, 2.45) is 0 Å². The molecule has 0 aliphatic rings. The fourth-order valence-corrected chi connectivity index (χ4v) is 5.49. The molecule has 3 rings (SSSR count). The molecule has 0 saturated heterocycles. The number of rotatable bonds is 11. The third kappa shape index (κ3) is 7.71. The Hall–Kier alpha value is -3.14. The zero-order valence-electron chi connectivity index (χ0n) is 21.8. The van der Waals surface area contributed by atoms with E-state index in [1.165, 1.54) is 29.2 Å². The Labute approximate surface area is 238 Å². The maximum absolute atomic E-state index is 13.8. The molecular weight excluding hydrogens is 564 g/mol. The number of hydrogen-bond donors (Lipinski definition) is 1. The Morgan fingerprint density at radius 2 is 1.59 bits per heavy atom. The summed E-state index contributed by atoms with van der Waals surface area (Å²) >= 11 is 12.2. The topological polar surface area (TPSA) is 86.8 Å². The smallest absolute Gasteiger partial charge is 0.264 e. The Morgan fingerprint density at radius 1 is 0.949 bits per heavy atom. The molecule has 0 fully saturated rings. The second kappa shape index (κ2) is 13.3. The van der Waals surface area contributed by atoms with Gasteiger partial charge in [-0.05, 0) is 74.4 Å². The van der Waals surface area contributed by atoms with Gasteiger partial charge in [0, 0.05) is 12.6 Å². The SMILES string of the molecule is CC[C@H](C)NC(=O)[C@@H](C)N(Cc1ccc(Cl)c(Cl)c1)C(=O)CN(c1ccc(F)cc1)S(=O)(=O)c1ccccc1. The van der Waals surface area contributed by atoms with E-state index in [-0.39, 0.29) is 28.2 Å². The maximum Gasteiger partial charge on any atom is 0.264 e. The third-order valence-corrected chi connectivity index (χ3v) is 8.76. The van der Waals surface area contributed by atoms with Gasteiger partial charge in [-0.2, -0.15) is 0 Å². The van der Waals surface area contributed by atoms with Gasteiger partial charge in [0.1, 0.15) is 18.4 Å².